The predicted octanol–water partition coefficient (Wildman–Crippen LogP) is 2.74. The SMILES string of the molecule is CN(CC(C)(C)C)c1nc2c(s1)CCC2C(=O)O. The second-order valence-electron chi connectivity index (χ2n) is 6.15. The second-order valence-corrected chi connectivity index (χ2v) is 7.21. The first-order valence-electron chi connectivity index (χ1n) is 6.21. The van der Waals surface area contributed by atoms with Crippen LogP contribution in [-0.4, -0.2) is 29.7 Å². The van der Waals surface area contributed by atoms with E-state index in [2.05, 4.69) is 30.7 Å². The van der Waals surface area contributed by atoms with Crippen LogP contribution in [0.15, 0.2) is 0 Å². The lowest BCUT2D eigenvalue weighted by Crippen LogP contribution is -2.29. The monoisotopic (exact) mass is 268 g/mol. The molecule has 2 rings (SSSR count). The van der Waals surface area contributed by atoms with Crippen molar-refractivity contribution in [1.82, 2.24) is 4.98 Å². The summed E-state index contributed by atoms with van der Waals surface area (Å²) >= 11 is 1.64. The van der Waals surface area contributed by atoms with Crippen LogP contribution < -0.4 is 4.90 Å². The number of fused-ring (bicyclic) bond motifs is 1. The van der Waals surface area contributed by atoms with Gasteiger partial charge < -0.3 is 10.0 Å². The van der Waals surface area contributed by atoms with Crippen molar-refractivity contribution in [1.29, 1.82) is 0 Å². The van der Waals surface area contributed by atoms with Gasteiger partial charge in [0.1, 0.15) is 5.92 Å². The normalized spacial score (nSPS) is 18.8. The Kier molecular flexibility index (Phi) is 3.36. The lowest BCUT2D eigenvalue weighted by molar-refractivity contribution is -0.138. The number of aromatic nitrogens is 1. The summed E-state index contributed by atoms with van der Waals surface area (Å²) in [7, 11) is 2.02. The standard InChI is InChI=1S/C13H20N2O2S/c1-13(2,3)7-15(4)12-14-10-8(11(16)17)5-6-9(10)18-12/h8H,5-7H2,1-4H3,(H,16,17). The van der Waals surface area contributed by atoms with Gasteiger partial charge in [0.15, 0.2) is 5.13 Å². The molecule has 0 spiro atoms. The average molecular weight is 268 g/mol. The first-order chi connectivity index (χ1) is 8.28. The molecule has 5 heteroatoms. The van der Waals surface area contributed by atoms with Gasteiger partial charge in [-0.3, -0.25) is 4.79 Å². The maximum atomic E-state index is 11.1. The van der Waals surface area contributed by atoms with Gasteiger partial charge in [0.2, 0.25) is 0 Å². The maximum absolute atomic E-state index is 11.1. The van der Waals surface area contributed by atoms with Gasteiger partial charge in [-0.15, -0.1) is 11.3 Å². The summed E-state index contributed by atoms with van der Waals surface area (Å²) in [6.45, 7) is 7.47. The van der Waals surface area contributed by atoms with Crippen LogP contribution in [0.25, 0.3) is 0 Å². The summed E-state index contributed by atoms with van der Waals surface area (Å²) in [6, 6.07) is 0. The quantitative estimate of drug-likeness (QED) is 0.916. The molecule has 0 bridgehead atoms. The number of aliphatic carboxylic acids is 1. The number of hydrogen-bond donors (Lipinski definition) is 1. The van der Waals surface area contributed by atoms with Crippen molar-refractivity contribution in [2.45, 2.75) is 39.5 Å². The molecule has 100 valence electrons. The summed E-state index contributed by atoms with van der Waals surface area (Å²) in [5, 5.41) is 10.1. The van der Waals surface area contributed by atoms with E-state index < -0.39 is 11.9 Å². The lowest BCUT2D eigenvalue weighted by atomic mass is 9.96. The highest BCUT2D eigenvalue weighted by atomic mass is 32.1. The number of anilines is 1. The molecule has 18 heavy (non-hydrogen) atoms. The summed E-state index contributed by atoms with van der Waals surface area (Å²) in [6.07, 6.45) is 1.56. The predicted molar refractivity (Wildman–Crippen MR) is 73.5 cm³/mol. The molecule has 1 heterocycles. The fraction of sp³-hybridized carbons (Fsp3) is 0.692. The van der Waals surface area contributed by atoms with Crippen LogP contribution in [0.3, 0.4) is 0 Å². The molecule has 0 radical (unpaired) electrons. The van der Waals surface area contributed by atoms with Crippen molar-refractivity contribution in [3.8, 4) is 0 Å². The number of thiazole rings is 1. The Labute approximate surface area is 112 Å². The smallest absolute Gasteiger partial charge is 0.312 e. The van der Waals surface area contributed by atoms with Crippen molar-refractivity contribution in [2.75, 3.05) is 18.5 Å². The fourth-order valence-corrected chi connectivity index (χ4v) is 3.49. The molecule has 1 aromatic heterocycles. The van der Waals surface area contributed by atoms with Crippen LogP contribution >= 0.6 is 11.3 Å². The highest BCUT2D eigenvalue weighted by Crippen LogP contribution is 2.39. The molecule has 1 unspecified atom stereocenters. The zero-order valence-corrected chi connectivity index (χ0v) is 12.2. The molecule has 0 amide bonds. The van der Waals surface area contributed by atoms with Gasteiger partial charge in [0.05, 0.1) is 5.69 Å². The van der Waals surface area contributed by atoms with Crippen LogP contribution in [0.1, 0.15) is 43.7 Å². The van der Waals surface area contributed by atoms with Crippen LogP contribution in [0.2, 0.25) is 0 Å². The average Bonchev–Trinajstić information content (AvgIpc) is 2.70. The Morgan fingerprint density at radius 3 is 2.78 bits per heavy atom. The maximum Gasteiger partial charge on any atom is 0.312 e. The molecule has 1 aromatic rings. The van der Waals surface area contributed by atoms with Gasteiger partial charge in [0, 0.05) is 18.5 Å². The summed E-state index contributed by atoms with van der Waals surface area (Å²) < 4.78 is 0. The molecule has 0 fully saturated rings. The van der Waals surface area contributed by atoms with E-state index in [4.69, 9.17) is 5.11 Å². The topological polar surface area (TPSA) is 53.4 Å². The Morgan fingerprint density at radius 2 is 2.22 bits per heavy atom. The number of aryl methyl sites for hydroxylation is 1. The summed E-state index contributed by atoms with van der Waals surface area (Å²) in [4.78, 5) is 18.9. The third kappa shape index (κ3) is 2.66. The van der Waals surface area contributed by atoms with E-state index in [0.717, 1.165) is 28.7 Å². The Hall–Kier alpha value is -1.10. The number of carboxylic acid groups (broad SMARTS) is 1. The van der Waals surface area contributed by atoms with Crippen molar-refractivity contribution in [3.63, 3.8) is 0 Å². The highest BCUT2D eigenvalue weighted by molar-refractivity contribution is 7.15. The molecule has 1 aliphatic carbocycles. The Balaban J connectivity index is 2.18. The molecule has 0 aliphatic heterocycles. The molecule has 0 saturated heterocycles. The minimum Gasteiger partial charge on any atom is -0.481 e. The summed E-state index contributed by atoms with van der Waals surface area (Å²) in [5.74, 6) is -1.14. The van der Waals surface area contributed by atoms with Crippen LogP contribution in [0, 0.1) is 5.41 Å². The van der Waals surface area contributed by atoms with Gasteiger partial charge in [-0.25, -0.2) is 4.98 Å². The first kappa shape index (κ1) is 13.3. The molecule has 4 nitrogen and oxygen atoms in total. The number of rotatable bonds is 3. The van der Waals surface area contributed by atoms with Crippen molar-refractivity contribution in [2.24, 2.45) is 5.41 Å². The largest absolute Gasteiger partial charge is 0.481 e. The summed E-state index contributed by atoms with van der Waals surface area (Å²) in [5.41, 5.74) is 1.00. The van der Waals surface area contributed by atoms with Crippen molar-refractivity contribution >= 4 is 22.4 Å². The molecule has 1 aliphatic rings. The van der Waals surface area contributed by atoms with Gasteiger partial charge >= 0.3 is 5.97 Å². The Morgan fingerprint density at radius 1 is 1.56 bits per heavy atom. The Bertz CT molecular complexity index is 462. The van der Waals surface area contributed by atoms with Gasteiger partial charge in [-0.2, -0.15) is 0 Å². The van der Waals surface area contributed by atoms with Crippen molar-refractivity contribution in [3.05, 3.63) is 10.6 Å². The molecule has 1 N–H and O–H groups in total. The minimum atomic E-state index is -0.746. The third-order valence-electron chi connectivity index (χ3n) is 3.04. The van der Waals surface area contributed by atoms with E-state index in [1.165, 1.54) is 0 Å². The van der Waals surface area contributed by atoms with E-state index in [9.17, 15) is 4.79 Å². The number of nitrogens with zero attached hydrogens (tertiary/aromatic N) is 2. The third-order valence-corrected chi connectivity index (χ3v) is 4.29. The lowest BCUT2D eigenvalue weighted by Gasteiger charge is -2.26. The van der Waals surface area contributed by atoms with E-state index >= 15 is 0 Å². The van der Waals surface area contributed by atoms with Crippen molar-refractivity contribution < 1.29 is 9.90 Å². The molecule has 1 atom stereocenters. The van der Waals surface area contributed by atoms with Gasteiger partial charge in [-0.05, 0) is 18.3 Å². The molecule has 0 aromatic carbocycles. The second kappa shape index (κ2) is 4.53. The van der Waals surface area contributed by atoms with Crippen LogP contribution in [-0.2, 0) is 11.2 Å². The highest BCUT2D eigenvalue weighted by Gasteiger charge is 2.33. The number of carbonyl (C=O) groups is 1. The van der Waals surface area contributed by atoms with E-state index in [-0.39, 0.29) is 5.41 Å². The zero-order chi connectivity index (χ0) is 13.5. The zero-order valence-electron chi connectivity index (χ0n) is 11.4. The first-order valence-corrected chi connectivity index (χ1v) is 7.03. The number of hydrogen-bond acceptors (Lipinski definition) is 4. The van der Waals surface area contributed by atoms with E-state index in [1.807, 2.05) is 7.05 Å². The fourth-order valence-electron chi connectivity index (χ4n) is 2.40. The van der Waals surface area contributed by atoms with Crippen LogP contribution in [0.4, 0.5) is 5.13 Å². The van der Waals surface area contributed by atoms with Gasteiger partial charge in [-0.1, -0.05) is 20.8 Å². The molecular formula is C13H20N2O2S. The van der Waals surface area contributed by atoms with Crippen LogP contribution in [0.5, 0.6) is 0 Å². The number of carboxylic acids is 1. The minimum absolute atomic E-state index is 0.205. The molecule has 0 saturated carbocycles. The molecular weight excluding hydrogens is 248 g/mol. The van der Waals surface area contributed by atoms with E-state index in [1.54, 1.807) is 11.3 Å². The van der Waals surface area contributed by atoms with E-state index in [0.29, 0.717) is 6.42 Å². The van der Waals surface area contributed by atoms with Gasteiger partial charge in [0.25, 0.3) is 0 Å².